The lowest BCUT2D eigenvalue weighted by atomic mass is 10.1. The van der Waals surface area contributed by atoms with E-state index in [1.54, 1.807) is 30.3 Å². The zero-order valence-electron chi connectivity index (χ0n) is 16.0. The van der Waals surface area contributed by atoms with Crippen LogP contribution in [0.5, 0.6) is 0 Å². The first kappa shape index (κ1) is 21.1. The molecule has 0 saturated heterocycles. The Bertz CT molecular complexity index is 1150. The van der Waals surface area contributed by atoms with Gasteiger partial charge in [-0.1, -0.05) is 18.2 Å². The monoisotopic (exact) mass is 421 g/mol. The highest BCUT2D eigenvalue weighted by Crippen LogP contribution is 2.26. The topological polar surface area (TPSA) is 163 Å². The zero-order chi connectivity index (χ0) is 22.5. The Morgan fingerprint density at radius 1 is 1.06 bits per heavy atom. The van der Waals surface area contributed by atoms with E-state index in [-0.39, 0.29) is 29.8 Å². The second kappa shape index (κ2) is 8.83. The number of carbonyl (C=O) groups excluding carboxylic acids is 4. The van der Waals surface area contributed by atoms with E-state index >= 15 is 0 Å². The predicted molar refractivity (Wildman–Crippen MR) is 106 cm³/mol. The number of fused-ring (bicyclic) bond motifs is 1. The molecular weight excluding hydrogens is 406 g/mol. The number of nitro groups is 1. The van der Waals surface area contributed by atoms with Crippen molar-refractivity contribution in [2.75, 3.05) is 11.9 Å². The molecule has 0 atom stereocenters. The highest BCUT2D eigenvalue weighted by Gasteiger charge is 2.37. The van der Waals surface area contributed by atoms with Gasteiger partial charge in [-0.3, -0.25) is 34.2 Å². The first-order valence-corrected chi connectivity index (χ1v) is 8.98. The molecule has 31 heavy (non-hydrogen) atoms. The summed E-state index contributed by atoms with van der Waals surface area (Å²) in [6, 6.07) is 11.6. The number of para-hydroxylation sites is 1. The molecule has 11 nitrogen and oxygen atoms in total. The van der Waals surface area contributed by atoms with Crippen LogP contribution in [0.1, 0.15) is 32.7 Å². The normalized spacial score (nSPS) is 12.2. The van der Waals surface area contributed by atoms with E-state index in [2.05, 4.69) is 10.6 Å². The first-order valence-electron chi connectivity index (χ1n) is 8.98. The summed E-state index contributed by atoms with van der Waals surface area (Å²) in [6.45, 7) is -0.525. The number of amides is 4. The molecule has 0 spiro atoms. The van der Waals surface area contributed by atoms with Gasteiger partial charge in [-0.25, -0.2) is 0 Å². The molecule has 3 rings (SSSR count). The molecule has 0 fully saturated rings. The minimum absolute atomic E-state index is 0.0102. The number of nitriles is 1. The van der Waals surface area contributed by atoms with Gasteiger partial charge in [0, 0.05) is 24.4 Å². The van der Waals surface area contributed by atoms with Gasteiger partial charge in [0.15, 0.2) is 0 Å². The van der Waals surface area contributed by atoms with Crippen LogP contribution in [0.4, 0.5) is 11.4 Å². The molecule has 2 aromatic carbocycles. The minimum atomic E-state index is -0.795. The van der Waals surface area contributed by atoms with Crippen LogP contribution >= 0.6 is 0 Å². The smallest absolute Gasteiger partial charge is 0.270 e. The van der Waals surface area contributed by atoms with Gasteiger partial charge in [-0.05, 0) is 17.7 Å². The fourth-order valence-electron chi connectivity index (χ4n) is 2.99. The molecule has 156 valence electrons. The van der Waals surface area contributed by atoms with Gasteiger partial charge in [0.25, 0.3) is 17.5 Å². The average molecular weight is 421 g/mol. The van der Waals surface area contributed by atoms with E-state index in [4.69, 9.17) is 5.26 Å². The van der Waals surface area contributed by atoms with Crippen molar-refractivity contribution in [2.24, 2.45) is 0 Å². The Kier molecular flexibility index (Phi) is 6.02. The molecule has 0 unspecified atom stereocenters. The summed E-state index contributed by atoms with van der Waals surface area (Å²) in [4.78, 5) is 59.9. The van der Waals surface area contributed by atoms with Crippen molar-refractivity contribution in [1.82, 2.24) is 10.2 Å². The largest absolute Gasteiger partial charge is 0.351 e. The second-order valence-corrected chi connectivity index (χ2v) is 6.50. The van der Waals surface area contributed by atoms with Crippen molar-refractivity contribution in [1.29, 1.82) is 5.26 Å². The van der Waals surface area contributed by atoms with Gasteiger partial charge >= 0.3 is 0 Å². The second-order valence-electron chi connectivity index (χ2n) is 6.50. The lowest BCUT2D eigenvalue weighted by molar-refractivity contribution is -0.384. The first-order chi connectivity index (χ1) is 14.8. The van der Waals surface area contributed by atoms with Crippen molar-refractivity contribution in [2.45, 2.75) is 13.0 Å². The van der Waals surface area contributed by atoms with Crippen LogP contribution in [-0.2, 0) is 16.1 Å². The van der Waals surface area contributed by atoms with Crippen LogP contribution in [0.25, 0.3) is 0 Å². The van der Waals surface area contributed by atoms with Crippen molar-refractivity contribution >= 4 is 35.0 Å². The highest BCUT2D eigenvalue weighted by molar-refractivity contribution is 6.23. The number of benzene rings is 2. The number of hydrogen-bond acceptors (Lipinski definition) is 7. The molecule has 1 aliphatic heterocycles. The summed E-state index contributed by atoms with van der Waals surface area (Å²) in [7, 11) is 0. The van der Waals surface area contributed by atoms with Crippen molar-refractivity contribution in [3.8, 4) is 6.07 Å². The van der Waals surface area contributed by atoms with Crippen LogP contribution < -0.4 is 10.6 Å². The summed E-state index contributed by atoms with van der Waals surface area (Å²) in [6.07, 6.45) is -0.299. The predicted octanol–water partition coefficient (Wildman–Crippen LogP) is 1.36. The number of anilines is 1. The third kappa shape index (κ3) is 4.54. The summed E-state index contributed by atoms with van der Waals surface area (Å²) >= 11 is 0. The van der Waals surface area contributed by atoms with E-state index in [0.29, 0.717) is 16.2 Å². The van der Waals surface area contributed by atoms with Crippen LogP contribution in [0.3, 0.4) is 0 Å². The standard InChI is InChI=1S/C20H15N5O6/c21-8-7-17(26)22-10-12-3-1-2-4-16(12)23-18(27)11-24-19(28)14-6-5-13(25(30)31)9-15(14)20(24)29/h1-6,9H,7,10-11H2,(H,22,26)(H,23,27). The van der Waals surface area contributed by atoms with Crippen LogP contribution in [0.2, 0.25) is 0 Å². The van der Waals surface area contributed by atoms with Crippen LogP contribution in [0.15, 0.2) is 42.5 Å². The molecule has 11 heteroatoms. The number of imide groups is 1. The Morgan fingerprint density at radius 2 is 1.77 bits per heavy atom. The van der Waals surface area contributed by atoms with Crippen molar-refractivity contribution in [3.63, 3.8) is 0 Å². The van der Waals surface area contributed by atoms with Gasteiger partial charge < -0.3 is 10.6 Å². The maximum absolute atomic E-state index is 12.5. The zero-order valence-corrected chi connectivity index (χ0v) is 16.0. The minimum Gasteiger partial charge on any atom is -0.351 e. The number of non-ortho nitro benzene ring substituents is 1. The molecule has 0 aliphatic carbocycles. The molecule has 2 aromatic rings. The summed E-state index contributed by atoms with van der Waals surface area (Å²) in [5, 5.41) is 24.6. The molecule has 0 saturated carbocycles. The number of rotatable bonds is 7. The summed E-state index contributed by atoms with van der Waals surface area (Å²) in [5.74, 6) is -2.65. The Labute approximate surface area is 175 Å². The lowest BCUT2D eigenvalue weighted by Gasteiger charge is -2.15. The van der Waals surface area contributed by atoms with Gasteiger partial charge in [-0.15, -0.1) is 0 Å². The fraction of sp³-hybridized carbons (Fsp3) is 0.150. The Balaban J connectivity index is 1.70. The number of carbonyl (C=O) groups is 4. The van der Waals surface area contributed by atoms with Gasteiger partial charge in [-0.2, -0.15) is 5.26 Å². The van der Waals surface area contributed by atoms with Gasteiger partial charge in [0.2, 0.25) is 11.8 Å². The number of nitrogens with one attached hydrogen (secondary N) is 2. The highest BCUT2D eigenvalue weighted by atomic mass is 16.6. The van der Waals surface area contributed by atoms with E-state index < -0.39 is 35.1 Å². The molecule has 2 N–H and O–H groups in total. The Morgan fingerprint density at radius 3 is 2.48 bits per heavy atom. The average Bonchev–Trinajstić information content (AvgIpc) is 2.97. The number of nitro benzene ring substituents is 1. The third-order valence-electron chi connectivity index (χ3n) is 4.47. The van der Waals surface area contributed by atoms with E-state index in [0.717, 1.165) is 12.1 Å². The number of hydrogen-bond donors (Lipinski definition) is 2. The quantitative estimate of drug-likeness (QED) is 0.387. The van der Waals surface area contributed by atoms with Crippen molar-refractivity contribution < 1.29 is 24.1 Å². The van der Waals surface area contributed by atoms with E-state index in [1.807, 2.05) is 0 Å². The SMILES string of the molecule is N#CCC(=O)NCc1ccccc1NC(=O)CN1C(=O)c2ccc([N+](=O)[O-])cc2C1=O. The molecule has 4 amide bonds. The van der Waals surface area contributed by atoms with Crippen LogP contribution in [-0.4, -0.2) is 40.0 Å². The summed E-state index contributed by atoms with van der Waals surface area (Å²) in [5.41, 5.74) is 0.437. The van der Waals surface area contributed by atoms with Crippen LogP contribution in [0, 0.1) is 21.4 Å². The maximum atomic E-state index is 12.5. The molecule has 0 aromatic heterocycles. The van der Waals surface area contributed by atoms with Crippen molar-refractivity contribution in [3.05, 3.63) is 69.3 Å². The van der Waals surface area contributed by atoms with Gasteiger partial charge in [0.1, 0.15) is 13.0 Å². The molecule has 0 radical (unpaired) electrons. The molecule has 0 bridgehead atoms. The van der Waals surface area contributed by atoms with Gasteiger partial charge in [0.05, 0.1) is 22.1 Å². The van der Waals surface area contributed by atoms with E-state index in [9.17, 15) is 29.3 Å². The molecule has 1 heterocycles. The van der Waals surface area contributed by atoms with E-state index in [1.165, 1.54) is 6.07 Å². The Hall–Kier alpha value is -4.59. The lowest BCUT2D eigenvalue weighted by Crippen LogP contribution is -2.37. The fourth-order valence-corrected chi connectivity index (χ4v) is 2.99. The molecule has 1 aliphatic rings. The third-order valence-corrected chi connectivity index (χ3v) is 4.47. The molecular formula is C20H15N5O6. The number of nitrogens with zero attached hydrogens (tertiary/aromatic N) is 3. The summed E-state index contributed by atoms with van der Waals surface area (Å²) < 4.78 is 0. The maximum Gasteiger partial charge on any atom is 0.270 e.